The monoisotopic (exact) mass is 403 g/mol. The molecule has 2 aromatic carbocycles. The Bertz CT molecular complexity index is 965. The zero-order valence-electron chi connectivity index (χ0n) is 16.3. The number of nitrogens with one attached hydrogen (secondary N) is 1. The summed E-state index contributed by atoms with van der Waals surface area (Å²) < 4.78 is 41.6. The summed E-state index contributed by atoms with van der Waals surface area (Å²) in [7, 11) is -3.66. The van der Waals surface area contributed by atoms with Crippen molar-refractivity contribution >= 4 is 15.8 Å². The van der Waals surface area contributed by atoms with Gasteiger partial charge in [-0.25, -0.2) is 17.5 Å². The summed E-state index contributed by atoms with van der Waals surface area (Å²) in [5, 5.41) is 0. The van der Waals surface area contributed by atoms with E-state index in [0.717, 1.165) is 30.4 Å². The average molecular weight is 404 g/mol. The van der Waals surface area contributed by atoms with Crippen LogP contribution in [0.3, 0.4) is 0 Å². The van der Waals surface area contributed by atoms with Gasteiger partial charge in [0.2, 0.25) is 10.0 Å². The first-order valence-electron chi connectivity index (χ1n) is 9.61. The summed E-state index contributed by atoms with van der Waals surface area (Å²) in [6.45, 7) is 2.89. The summed E-state index contributed by atoms with van der Waals surface area (Å²) in [6.07, 6.45) is 3.90. The van der Waals surface area contributed by atoms with Gasteiger partial charge in [0.05, 0.1) is 16.9 Å². The van der Waals surface area contributed by atoms with Crippen LogP contribution in [0, 0.1) is 12.7 Å². The Labute approximate surface area is 166 Å². The quantitative estimate of drug-likeness (QED) is 0.716. The van der Waals surface area contributed by atoms with E-state index in [4.69, 9.17) is 0 Å². The van der Waals surface area contributed by atoms with Gasteiger partial charge in [0.25, 0.3) is 0 Å². The molecule has 0 aromatic heterocycles. The van der Waals surface area contributed by atoms with Crippen LogP contribution in [-0.4, -0.2) is 25.5 Å². The van der Waals surface area contributed by atoms with Gasteiger partial charge in [0, 0.05) is 0 Å². The molecular formula is C22H26FNO3S. The van der Waals surface area contributed by atoms with E-state index in [1.54, 1.807) is 19.9 Å². The molecule has 4 nitrogen and oxygen atoms in total. The van der Waals surface area contributed by atoms with Crippen molar-refractivity contribution in [1.82, 2.24) is 4.72 Å². The SMILES string of the molecule is Cc1cc(-c2ccccc2)cc(C(=O)CNS(=O)(=O)C2(C)CCCCC2)c1F. The van der Waals surface area contributed by atoms with E-state index in [2.05, 4.69) is 4.72 Å². The Hall–Kier alpha value is -2.05. The smallest absolute Gasteiger partial charge is 0.217 e. The number of carbonyl (C=O) groups is 1. The van der Waals surface area contributed by atoms with Crippen molar-refractivity contribution in [1.29, 1.82) is 0 Å². The molecule has 1 aliphatic carbocycles. The summed E-state index contributed by atoms with van der Waals surface area (Å²) in [6, 6.07) is 12.6. The molecule has 3 rings (SSSR count). The third-order valence-electron chi connectivity index (χ3n) is 5.64. The molecule has 6 heteroatoms. The predicted molar refractivity (Wildman–Crippen MR) is 109 cm³/mol. The fourth-order valence-electron chi connectivity index (χ4n) is 3.77. The van der Waals surface area contributed by atoms with Gasteiger partial charge in [-0.05, 0) is 55.5 Å². The largest absolute Gasteiger partial charge is 0.293 e. The highest BCUT2D eigenvalue weighted by Gasteiger charge is 2.40. The Balaban J connectivity index is 1.82. The molecule has 1 N–H and O–H groups in total. The summed E-state index contributed by atoms with van der Waals surface area (Å²) >= 11 is 0. The van der Waals surface area contributed by atoms with Crippen LogP contribution in [0.5, 0.6) is 0 Å². The molecule has 0 aliphatic heterocycles. The second kappa shape index (κ2) is 8.13. The highest BCUT2D eigenvalue weighted by atomic mass is 32.2. The van der Waals surface area contributed by atoms with Gasteiger partial charge < -0.3 is 0 Å². The molecule has 0 spiro atoms. The van der Waals surface area contributed by atoms with E-state index in [9.17, 15) is 17.6 Å². The lowest BCUT2D eigenvalue weighted by molar-refractivity contribution is 0.0992. The van der Waals surface area contributed by atoms with E-state index >= 15 is 0 Å². The van der Waals surface area contributed by atoms with Crippen molar-refractivity contribution < 1.29 is 17.6 Å². The van der Waals surface area contributed by atoms with Crippen molar-refractivity contribution in [2.45, 2.75) is 50.7 Å². The first-order chi connectivity index (χ1) is 13.2. The van der Waals surface area contributed by atoms with Crippen molar-refractivity contribution in [2.75, 3.05) is 6.54 Å². The molecule has 1 aliphatic rings. The normalized spacial score (nSPS) is 16.7. The Morgan fingerprint density at radius 2 is 1.71 bits per heavy atom. The number of Topliss-reactive ketones (excluding diaryl/α,β-unsaturated/α-hetero) is 1. The van der Waals surface area contributed by atoms with Gasteiger partial charge in [-0.3, -0.25) is 4.79 Å². The average Bonchev–Trinajstić information content (AvgIpc) is 2.69. The zero-order chi connectivity index (χ0) is 20.4. The van der Waals surface area contributed by atoms with Gasteiger partial charge in [-0.15, -0.1) is 0 Å². The van der Waals surface area contributed by atoms with Crippen LogP contribution in [-0.2, 0) is 10.0 Å². The number of ketones is 1. The number of hydrogen-bond acceptors (Lipinski definition) is 3. The van der Waals surface area contributed by atoms with Crippen LogP contribution in [0.2, 0.25) is 0 Å². The van der Waals surface area contributed by atoms with Crippen LogP contribution in [0.1, 0.15) is 54.9 Å². The first kappa shape index (κ1) is 20.7. The van der Waals surface area contributed by atoms with E-state index in [1.165, 1.54) is 6.07 Å². The molecule has 0 atom stereocenters. The summed E-state index contributed by atoms with van der Waals surface area (Å²) in [5.74, 6) is -1.17. The van der Waals surface area contributed by atoms with Crippen LogP contribution in [0.4, 0.5) is 4.39 Å². The second-order valence-electron chi connectivity index (χ2n) is 7.78. The minimum absolute atomic E-state index is 0.0876. The molecular weight excluding hydrogens is 377 g/mol. The second-order valence-corrected chi connectivity index (χ2v) is 10.1. The maximum absolute atomic E-state index is 14.6. The van der Waals surface area contributed by atoms with Crippen LogP contribution in [0.25, 0.3) is 11.1 Å². The lowest BCUT2D eigenvalue weighted by Gasteiger charge is -2.32. The molecule has 0 radical (unpaired) electrons. The molecule has 1 saturated carbocycles. The summed E-state index contributed by atoms with van der Waals surface area (Å²) in [4.78, 5) is 12.7. The van der Waals surface area contributed by atoms with Crippen molar-refractivity contribution in [2.24, 2.45) is 0 Å². The topological polar surface area (TPSA) is 63.2 Å². The highest BCUT2D eigenvalue weighted by Crippen LogP contribution is 2.34. The van der Waals surface area contributed by atoms with Crippen molar-refractivity contribution in [3.8, 4) is 11.1 Å². The summed E-state index contributed by atoms with van der Waals surface area (Å²) in [5.41, 5.74) is 1.86. The standard InChI is InChI=1S/C22H26FNO3S/c1-16-13-18(17-9-5-3-6-10-17)14-19(21(16)23)20(25)15-24-28(26,27)22(2)11-7-4-8-12-22/h3,5-6,9-10,13-14,24H,4,7-8,11-12,15H2,1-2H3. The van der Waals surface area contributed by atoms with Gasteiger partial charge >= 0.3 is 0 Å². The molecule has 0 heterocycles. The van der Waals surface area contributed by atoms with Crippen LogP contribution >= 0.6 is 0 Å². The third kappa shape index (κ3) is 4.18. The Kier molecular flexibility index (Phi) is 6.01. The molecule has 1 fully saturated rings. The van der Waals surface area contributed by atoms with Gasteiger partial charge in [0.1, 0.15) is 5.82 Å². The molecule has 150 valence electrons. The minimum atomic E-state index is -3.66. The van der Waals surface area contributed by atoms with E-state index in [0.29, 0.717) is 18.4 Å². The maximum atomic E-state index is 14.6. The molecule has 0 amide bonds. The van der Waals surface area contributed by atoms with E-state index < -0.39 is 32.9 Å². The lowest BCUT2D eigenvalue weighted by Crippen LogP contribution is -2.46. The van der Waals surface area contributed by atoms with Gasteiger partial charge in [-0.2, -0.15) is 0 Å². The lowest BCUT2D eigenvalue weighted by atomic mass is 9.90. The third-order valence-corrected chi connectivity index (χ3v) is 7.87. The first-order valence-corrected chi connectivity index (χ1v) is 11.1. The van der Waals surface area contributed by atoms with Crippen molar-refractivity contribution in [3.63, 3.8) is 0 Å². The number of rotatable bonds is 6. The fraction of sp³-hybridized carbons (Fsp3) is 0.409. The Morgan fingerprint density at radius 3 is 2.36 bits per heavy atom. The molecule has 0 unspecified atom stereocenters. The van der Waals surface area contributed by atoms with E-state index in [-0.39, 0.29) is 5.56 Å². The number of carbonyl (C=O) groups excluding carboxylic acids is 1. The maximum Gasteiger partial charge on any atom is 0.217 e. The number of aryl methyl sites for hydroxylation is 1. The molecule has 0 bridgehead atoms. The zero-order valence-corrected chi connectivity index (χ0v) is 17.1. The molecule has 0 saturated heterocycles. The van der Waals surface area contributed by atoms with Crippen molar-refractivity contribution in [3.05, 3.63) is 59.4 Å². The van der Waals surface area contributed by atoms with Crippen LogP contribution < -0.4 is 4.72 Å². The predicted octanol–water partition coefficient (Wildman–Crippen LogP) is 4.63. The molecule has 28 heavy (non-hydrogen) atoms. The number of halogens is 1. The minimum Gasteiger partial charge on any atom is -0.293 e. The van der Waals surface area contributed by atoms with E-state index in [1.807, 2.05) is 30.3 Å². The number of sulfonamides is 1. The van der Waals surface area contributed by atoms with Crippen LogP contribution in [0.15, 0.2) is 42.5 Å². The Morgan fingerprint density at radius 1 is 1.07 bits per heavy atom. The number of hydrogen-bond donors (Lipinski definition) is 1. The number of benzene rings is 2. The highest BCUT2D eigenvalue weighted by molar-refractivity contribution is 7.90. The fourth-order valence-corrected chi connectivity index (χ4v) is 5.26. The van der Waals surface area contributed by atoms with Gasteiger partial charge in [0.15, 0.2) is 5.78 Å². The molecule has 2 aromatic rings. The van der Waals surface area contributed by atoms with Gasteiger partial charge in [-0.1, -0.05) is 49.6 Å².